The summed E-state index contributed by atoms with van der Waals surface area (Å²) in [6.45, 7) is 1.78. The van der Waals surface area contributed by atoms with Gasteiger partial charge in [0, 0.05) is 23.7 Å². The lowest BCUT2D eigenvalue weighted by atomic mass is 9.98. The third kappa shape index (κ3) is 5.27. The van der Waals surface area contributed by atoms with E-state index in [0.717, 1.165) is 22.3 Å². The number of carboxylic acid groups (broad SMARTS) is 1. The standard InChI is InChI=1S/C27H26N2O6/c1-16(13-25(30)31)28-26(32)22-12-11-17(14-24(22)34-2)29-27(33)35-15-23-20-9-5-3-7-18(20)19-8-4-6-10-21(19)23/h3-12,14,16,23H,13,15H2,1-2H3,(H,28,32)(H,29,33)(H,30,31)/t16-/m1/s1. The van der Waals surface area contributed by atoms with E-state index in [4.69, 9.17) is 14.6 Å². The zero-order chi connectivity index (χ0) is 24.9. The molecule has 0 saturated carbocycles. The first-order chi connectivity index (χ1) is 16.9. The highest BCUT2D eigenvalue weighted by Gasteiger charge is 2.29. The Morgan fingerprint density at radius 3 is 2.20 bits per heavy atom. The van der Waals surface area contributed by atoms with E-state index < -0.39 is 24.0 Å². The Bertz CT molecular complexity index is 1230. The van der Waals surface area contributed by atoms with Crippen LogP contribution in [0.3, 0.4) is 0 Å². The van der Waals surface area contributed by atoms with Gasteiger partial charge in [0.15, 0.2) is 0 Å². The molecule has 3 aromatic rings. The van der Waals surface area contributed by atoms with Crippen molar-refractivity contribution in [1.82, 2.24) is 5.32 Å². The first-order valence-corrected chi connectivity index (χ1v) is 11.2. The van der Waals surface area contributed by atoms with Gasteiger partial charge in [-0.25, -0.2) is 4.79 Å². The number of carbonyl (C=O) groups is 3. The van der Waals surface area contributed by atoms with Gasteiger partial charge in [0.05, 0.1) is 19.1 Å². The van der Waals surface area contributed by atoms with Gasteiger partial charge in [-0.1, -0.05) is 48.5 Å². The zero-order valence-corrected chi connectivity index (χ0v) is 19.4. The molecular formula is C27H26N2O6. The third-order valence-corrected chi connectivity index (χ3v) is 5.89. The molecule has 180 valence electrons. The van der Waals surface area contributed by atoms with E-state index in [1.165, 1.54) is 19.2 Å². The number of aliphatic carboxylic acids is 1. The number of amides is 2. The van der Waals surface area contributed by atoms with Crippen molar-refractivity contribution in [1.29, 1.82) is 0 Å². The highest BCUT2D eigenvalue weighted by molar-refractivity contribution is 5.98. The Hall–Kier alpha value is -4.33. The monoisotopic (exact) mass is 474 g/mol. The SMILES string of the molecule is COc1cc(NC(=O)OCC2c3ccccc3-c3ccccc32)ccc1C(=O)N[C@H](C)CC(=O)O. The molecule has 1 aliphatic rings. The number of carbonyl (C=O) groups excluding carboxylic acids is 2. The third-order valence-electron chi connectivity index (χ3n) is 5.89. The van der Waals surface area contributed by atoms with Crippen LogP contribution >= 0.6 is 0 Å². The molecule has 0 radical (unpaired) electrons. The second kappa shape index (κ2) is 10.3. The average molecular weight is 475 g/mol. The normalized spacial score (nSPS) is 12.7. The van der Waals surface area contributed by atoms with E-state index in [2.05, 4.69) is 22.8 Å². The highest BCUT2D eigenvalue weighted by Crippen LogP contribution is 2.44. The van der Waals surface area contributed by atoms with E-state index in [0.29, 0.717) is 5.69 Å². The van der Waals surface area contributed by atoms with Gasteiger partial charge in [0.1, 0.15) is 12.4 Å². The van der Waals surface area contributed by atoms with E-state index in [1.54, 1.807) is 13.0 Å². The average Bonchev–Trinajstić information content (AvgIpc) is 3.15. The number of hydrogen-bond donors (Lipinski definition) is 3. The molecule has 0 spiro atoms. The van der Waals surface area contributed by atoms with Gasteiger partial charge < -0.3 is 19.9 Å². The summed E-state index contributed by atoms with van der Waals surface area (Å²) in [7, 11) is 1.41. The second-order valence-electron chi connectivity index (χ2n) is 8.34. The summed E-state index contributed by atoms with van der Waals surface area (Å²) in [4.78, 5) is 35.9. The molecule has 0 aromatic heterocycles. The van der Waals surface area contributed by atoms with Crippen LogP contribution in [0.5, 0.6) is 5.75 Å². The van der Waals surface area contributed by atoms with Crippen molar-refractivity contribution in [2.75, 3.05) is 19.0 Å². The largest absolute Gasteiger partial charge is 0.496 e. The number of anilines is 1. The minimum absolute atomic E-state index is 0.0541. The second-order valence-corrected chi connectivity index (χ2v) is 8.34. The van der Waals surface area contributed by atoms with E-state index in [-0.39, 0.29) is 30.3 Å². The molecule has 35 heavy (non-hydrogen) atoms. The number of hydrogen-bond acceptors (Lipinski definition) is 5. The lowest BCUT2D eigenvalue weighted by Gasteiger charge is -2.16. The molecule has 0 saturated heterocycles. The van der Waals surface area contributed by atoms with Crippen molar-refractivity contribution >= 4 is 23.7 Å². The van der Waals surface area contributed by atoms with Crippen LogP contribution in [0.2, 0.25) is 0 Å². The fourth-order valence-electron chi connectivity index (χ4n) is 4.32. The summed E-state index contributed by atoms with van der Waals surface area (Å²) in [5.74, 6) is -1.29. The minimum Gasteiger partial charge on any atom is -0.496 e. The predicted molar refractivity (Wildman–Crippen MR) is 131 cm³/mol. The molecule has 1 aliphatic carbocycles. The smallest absolute Gasteiger partial charge is 0.411 e. The number of methoxy groups -OCH3 is 1. The highest BCUT2D eigenvalue weighted by atomic mass is 16.5. The van der Waals surface area contributed by atoms with Crippen molar-refractivity contribution in [2.45, 2.75) is 25.3 Å². The van der Waals surface area contributed by atoms with Crippen molar-refractivity contribution in [3.05, 3.63) is 83.4 Å². The maximum Gasteiger partial charge on any atom is 0.411 e. The van der Waals surface area contributed by atoms with Crippen LogP contribution in [0.4, 0.5) is 10.5 Å². The lowest BCUT2D eigenvalue weighted by molar-refractivity contribution is -0.137. The topological polar surface area (TPSA) is 114 Å². The number of nitrogens with one attached hydrogen (secondary N) is 2. The molecule has 0 heterocycles. The number of carboxylic acids is 1. The first-order valence-electron chi connectivity index (χ1n) is 11.2. The maximum atomic E-state index is 12.6. The van der Waals surface area contributed by atoms with Crippen LogP contribution in [-0.4, -0.2) is 42.8 Å². The van der Waals surface area contributed by atoms with Crippen molar-refractivity contribution < 1.29 is 29.0 Å². The van der Waals surface area contributed by atoms with Crippen molar-refractivity contribution in [3.63, 3.8) is 0 Å². The van der Waals surface area contributed by atoms with Crippen molar-refractivity contribution in [3.8, 4) is 16.9 Å². The maximum absolute atomic E-state index is 12.6. The van der Waals surface area contributed by atoms with Gasteiger partial charge in [-0.15, -0.1) is 0 Å². The Balaban J connectivity index is 1.41. The van der Waals surface area contributed by atoms with Crippen LogP contribution in [0, 0.1) is 0 Å². The molecule has 0 fully saturated rings. The molecule has 0 aliphatic heterocycles. The molecule has 3 N–H and O–H groups in total. The van der Waals surface area contributed by atoms with E-state index in [9.17, 15) is 14.4 Å². The fraction of sp³-hybridized carbons (Fsp3) is 0.222. The molecule has 0 unspecified atom stereocenters. The first kappa shape index (κ1) is 23.8. The Morgan fingerprint density at radius 1 is 0.971 bits per heavy atom. The fourth-order valence-corrected chi connectivity index (χ4v) is 4.32. The molecule has 8 nitrogen and oxygen atoms in total. The number of rotatable bonds is 8. The van der Waals surface area contributed by atoms with Crippen LogP contribution in [0.15, 0.2) is 66.7 Å². The quantitative estimate of drug-likeness (QED) is 0.438. The zero-order valence-electron chi connectivity index (χ0n) is 19.4. The van der Waals surface area contributed by atoms with Crippen LogP contribution in [0.25, 0.3) is 11.1 Å². The summed E-state index contributed by atoms with van der Waals surface area (Å²) in [6, 6.07) is 20.2. The molecule has 2 amide bonds. The van der Waals surface area contributed by atoms with Crippen LogP contribution in [-0.2, 0) is 9.53 Å². The summed E-state index contributed by atoms with van der Waals surface area (Å²) < 4.78 is 10.9. The van der Waals surface area contributed by atoms with E-state index >= 15 is 0 Å². The van der Waals surface area contributed by atoms with Gasteiger partial charge in [0.2, 0.25) is 0 Å². The number of benzene rings is 3. The lowest BCUT2D eigenvalue weighted by Crippen LogP contribution is -2.34. The summed E-state index contributed by atoms with van der Waals surface area (Å²) in [6.07, 6.45) is -0.823. The minimum atomic E-state index is -1.01. The Kier molecular flexibility index (Phi) is 7.01. The van der Waals surface area contributed by atoms with Crippen LogP contribution < -0.4 is 15.4 Å². The Morgan fingerprint density at radius 2 is 1.60 bits per heavy atom. The predicted octanol–water partition coefficient (Wildman–Crippen LogP) is 4.65. The summed E-state index contributed by atoms with van der Waals surface area (Å²) in [5.41, 5.74) is 5.16. The molecule has 8 heteroatoms. The van der Waals surface area contributed by atoms with Crippen LogP contribution in [0.1, 0.15) is 40.7 Å². The molecule has 4 rings (SSSR count). The molecule has 1 atom stereocenters. The summed E-state index contributed by atoms with van der Waals surface area (Å²) in [5, 5.41) is 14.2. The van der Waals surface area contributed by atoms with Gasteiger partial charge in [-0.3, -0.25) is 14.9 Å². The van der Waals surface area contributed by atoms with Crippen molar-refractivity contribution in [2.24, 2.45) is 0 Å². The van der Waals surface area contributed by atoms with Gasteiger partial charge in [-0.05, 0) is 41.3 Å². The molecule has 0 bridgehead atoms. The molecular weight excluding hydrogens is 448 g/mol. The molecule has 3 aromatic carbocycles. The number of ether oxygens (including phenoxy) is 2. The summed E-state index contributed by atoms with van der Waals surface area (Å²) >= 11 is 0. The van der Waals surface area contributed by atoms with Gasteiger partial charge in [-0.2, -0.15) is 0 Å². The van der Waals surface area contributed by atoms with Gasteiger partial charge in [0.25, 0.3) is 5.91 Å². The number of fused-ring (bicyclic) bond motifs is 3. The van der Waals surface area contributed by atoms with E-state index in [1.807, 2.05) is 36.4 Å². The van der Waals surface area contributed by atoms with Gasteiger partial charge >= 0.3 is 12.1 Å². The Labute approximate surface area is 202 Å².